The van der Waals surface area contributed by atoms with Crippen LogP contribution in [0.1, 0.15) is 5.56 Å². The zero-order valence-corrected chi connectivity index (χ0v) is 12.2. The van der Waals surface area contributed by atoms with E-state index in [4.69, 9.17) is 28.9 Å². The van der Waals surface area contributed by atoms with Gasteiger partial charge in [-0.3, -0.25) is 4.57 Å². The monoisotopic (exact) mass is 305 g/mol. The van der Waals surface area contributed by atoms with E-state index < -0.39 is 0 Å². The second-order valence-electron chi connectivity index (χ2n) is 4.57. The van der Waals surface area contributed by atoms with Gasteiger partial charge in [0.2, 0.25) is 0 Å². The van der Waals surface area contributed by atoms with E-state index in [0.29, 0.717) is 16.6 Å². The highest BCUT2D eigenvalue weighted by atomic mass is 35.5. The van der Waals surface area contributed by atoms with Crippen molar-refractivity contribution in [3.05, 3.63) is 58.3 Å². The summed E-state index contributed by atoms with van der Waals surface area (Å²) in [5, 5.41) is 1.04. The van der Waals surface area contributed by atoms with Crippen LogP contribution in [0, 0.1) is 0 Å². The highest BCUT2D eigenvalue weighted by Crippen LogP contribution is 2.28. The topological polar surface area (TPSA) is 43.8 Å². The van der Waals surface area contributed by atoms with Gasteiger partial charge in [0.1, 0.15) is 6.33 Å². The molecule has 0 aliphatic carbocycles. The molecular weight excluding hydrogens is 293 g/mol. The fourth-order valence-corrected chi connectivity index (χ4v) is 2.52. The highest BCUT2D eigenvalue weighted by molar-refractivity contribution is 6.42. The van der Waals surface area contributed by atoms with Crippen LogP contribution in [-0.4, -0.2) is 16.1 Å². The Balaban J connectivity index is 2.07. The van der Waals surface area contributed by atoms with E-state index >= 15 is 0 Å². The molecule has 0 saturated heterocycles. The molecule has 0 bridgehead atoms. The molecule has 0 saturated carbocycles. The summed E-state index contributed by atoms with van der Waals surface area (Å²) in [5.74, 6) is 0. The molecule has 0 aliphatic rings. The third-order valence-electron chi connectivity index (χ3n) is 3.24. The van der Waals surface area contributed by atoms with Crippen LogP contribution in [0.5, 0.6) is 0 Å². The second kappa shape index (κ2) is 5.44. The van der Waals surface area contributed by atoms with E-state index in [9.17, 15) is 0 Å². The van der Waals surface area contributed by atoms with Crippen molar-refractivity contribution in [3.63, 3.8) is 0 Å². The van der Waals surface area contributed by atoms with Crippen molar-refractivity contribution in [2.24, 2.45) is 5.73 Å². The number of hydrogen-bond donors (Lipinski definition) is 1. The maximum atomic E-state index is 6.08. The largest absolute Gasteiger partial charge is 0.330 e. The van der Waals surface area contributed by atoms with Gasteiger partial charge in [0.05, 0.1) is 21.1 Å². The molecule has 102 valence electrons. The fraction of sp³-hybridized carbons (Fsp3) is 0.133. The summed E-state index contributed by atoms with van der Waals surface area (Å²) < 4.78 is 1.99. The van der Waals surface area contributed by atoms with Crippen LogP contribution in [0.2, 0.25) is 10.0 Å². The quantitative estimate of drug-likeness (QED) is 0.799. The predicted octanol–water partition coefficient (Wildman–Crippen LogP) is 3.83. The summed E-state index contributed by atoms with van der Waals surface area (Å²) in [4.78, 5) is 4.36. The normalized spacial score (nSPS) is 11.2. The lowest BCUT2D eigenvalue weighted by Crippen LogP contribution is -2.02. The Morgan fingerprint density at radius 3 is 2.45 bits per heavy atom. The molecule has 20 heavy (non-hydrogen) atoms. The molecule has 0 fully saturated rings. The Morgan fingerprint density at radius 1 is 1.05 bits per heavy atom. The van der Waals surface area contributed by atoms with E-state index in [1.54, 1.807) is 12.4 Å². The molecule has 1 heterocycles. The van der Waals surface area contributed by atoms with Crippen LogP contribution in [0.15, 0.2) is 42.7 Å². The third kappa shape index (κ3) is 2.40. The van der Waals surface area contributed by atoms with Crippen LogP contribution < -0.4 is 5.73 Å². The van der Waals surface area contributed by atoms with E-state index in [1.807, 2.05) is 10.6 Å². The molecule has 0 atom stereocenters. The number of benzene rings is 2. The molecule has 1 aromatic heterocycles. The lowest BCUT2D eigenvalue weighted by molar-refractivity contribution is 0.966. The Labute approximate surface area is 126 Å². The molecule has 0 spiro atoms. The number of nitrogens with two attached hydrogens (primary N) is 1. The maximum absolute atomic E-state index is 6.08. The molecule has 2 N–H and O–H groups in total. The summed E-state index contributed by atoms with van der Waals surface area (Å²) in [7, 11) is 0. The first-order chi connectivity index (χ1) is 9.69. The fourth-order valence-electron chi connectivity index (χ4n) is 2.20. The Morgan fingerprint density at radius 2 is 1.75 bits per heavy atom. The number of fused-ring (bicyclic) bond motifs is 1. The van der Waals surface area contributed by atoms with Gasteiger partial charge >= 0.3 is 0 Å². The van der Waals surface area contributed by atoms with Crippen molar-refractivity contribution in [1.29, 1.82) is 0 Å². The molecule has 3 rings (SSSR count). The van der Waals surface area contributed by atoms with E-state index in [2.05, 4.69) is 29.2 Å². The van der Waals surface area contributed by atoms with Crippen LogP contribution in [0.3, 0.4) is 0 Å². The Bertz CT molecular complexity index is 748. The van der Waals surface area contributed by atoms with Crippen molar-refractivity contribution in [2.75, 3.05) is 6.54 Å². The van der Waals surface area contributed by atoms with Crippen LogP contribution >= 0.6 is 23.2 Å². The van der Waals surface area contributed by atoms with Crippen LogP contribution in [0.25, 0.3) is 16.7 Å². The second-order valence-corrected chi connectivity index (χ2v) is 5.39. The first-order valence-electron chi connectivity index (χ1n) is 6.30. The number of rotatable bonds is 3. The van der Waals surface area contributed by atoms with E-state index in [-0.39, 0.29) is 0 Å². The number of aromatic nitrogens is 2. The van der Waals surface area contributed by atoms with Crippen molar-refractivity contribution < 1.29 is 0 Å². The molecule has 2 aromatic carbocycles. The standard InChI is InChI=1S/C15H13Cl2N3/c16-12-7-14-15(8-13(12)17)20(9-19-14)11-3-1-10(2-4-11)5-6-18/h1-4,7-9H,5-6,18H2. The van der Waals surface area contributed by atoms with Gasteiger partial charge in [-0.15, -0.1) is 0 Å². The van der Waals surface area contributed by atoms with Gasteiger partial charge in [-0.2, -0.15) is 0 Å². The van der Waals surface area contributed by atoms with Gasteiger partial charge in [0.15, 0.2) is 0 Å². The zero-order valence-electron chi connectivity index (χ0n) is 10.7. The van der Waals surface area contributed by atoms with Gasteiger partial charge in [-0.1, -0.05) is 35.3 Å². The smallest absolute Gasteiger partial charge is 0.100 e. The van der Waals surface area contributed by atoms with Crippen molar-refractivity contribution in [1.82, 2.24) is 9.55 Å². The summed E-state index contributed by atoms with van der Waals surface area (Å²) >= 11 is 12.1. The van der Waals surface area contributed by atoms with Gasteiger partial charge in [0.25, 0.3) is 0 Å². The highest BCUT2D eigenvalue weighted by Gasteiger charge is 2.08. The lowest BCUT2D eigenvalue weighted by atomic mass is 10.1. The van der Waals surface area contributed by atoms with Crippen LogP contribution in [0.4, 0.5) is 0 Å². The average molecular weight is 306 g/mol. The van der Waals surface area contributed by atoms with E-state index in [0.717, 1.165) is 23.1 Å². The van der Waals surface area contributed by atoms with E-state index in [1.165, 1.54) is 5.56 Å². The minimum atomic E-state index is 0.516. The van der Waals surface area contributed by atoms with Gasteiger partial charge in [0, 0.05) is 5.69 Å². The summed E-state index contributed by atoms with van der Waals surface area (Å²) in [6.45, 7) is 0.654. The lowest BCUT2D eigenvalue weighted by Gasteiger charge is -2.06. The van der Waals surface area contributed by atoms with Gasteiger partial charge < -0.3 is 5.73 Å². The Hall–Kier alpha value is -1.55. The molecular formula is C15H13Cl2N3. The molecule has 0 radical (unpaired) electrons. The van der Waals surface area contributed by atoms with Crippen molar-refractivity contribution >= 4 is 34.2 Å². The molecule has 0 aliphatic heterocycles. The van der Waals surface area contributed by atoms with Crippen LogP contribution in [-0.2, 0) is 6.42 Å². The molecule has 0 amide bonds. The Kier molecular flexibility index (Phi) is 3.66. The third-order valence-corrected chi connectivity index (χ3v) is 3.96. The SMILES string of the molecule is NCCc1ccc(-n2cnc3cc(Cl)c(Cl)cc32)cc1. The number of nitrogens with zero attached hydrogens (tertiary/aromatic N) is 2. The summed E-state index contributed by atoms with van der Waals surface area (Å²) in [5.41, 5.74) is 9.57. The summed E-state index contributed by atoms with van der Waals surface area (Å²) in [6.07, 6.45) is 2.65. The van der Waals surface area contributed by atoms with Gasteiger partial charge in [-0.25, -0.2) is 4.98 Å². The minimum Gasteiger partial charge on any atom is -0.330 e. The number of halogens is 2. The predicted molar refractivity (Wildman–Crippen MR) is 83.8 cm³/mol. The first kappa shape index (κ1) is 13.4. The van der Waals surface area contributed by atoms with Crippen molar-refractivity contribution in [2.45, 2.75) is 6.42 Å². The number of hydrogen-bond acceptors (Lipinski definition) is 2. The molecule has 3 aromatic rings. The first-order valence-corrected chi connectivity index (χ1v) is 7.06. The van der Waals surface area contributed by atoms with Crippen molar-refractivity contribution in [3.8, 4) is 5.69 Å². The summed E-state index contributed by atoms with van der Waals surface area (Å²) in [6, 6.07) is 11.9. The maximum Gasteiger partial charge on any atom is 0.100 e. The average Bonchev–Trinajstić information content (AvgIpc) is 2.83. The zero-order chi connectivity index (χ0) is 14.1. The van der Waals surface area contributed by atoms with Gasteiger partial charge in [-0.05, 0) is 42.8 Å². The minimum absolute atomic E-state index is 0.516. The molecule has 5 heteroatoms. The molecule has 0 unspecified atom stereocenters. The number of imidazole rings is 1. The molecule has 3 nitrogen and oxygen atoms in total.